The predicted octanol–water partition coefficient (Wildman–Crippen LogP) is 21.8. The number of anilines is 3. The molecule has 34 heteroatoms. The van der Waals surface area contributed by atoms with E-state index in [9.17, 15) is 68.4 Å². The molecule has 0 atom stereocenters. The van der Waals surface area contributed by atoms with Crippen LogP contribution in [0.3, 0.4) is 0 Å². The highest BCUT2D eigenvalue weighted by Crippen LogP contribution is 2.41. The smallest absolute Gasteiger partial charge is 0.323 e. The first-order chi connectivity index (χ1) is 58.0. The monoisotopic (exact) mass is 1860 g/mol. The molecule has 15 aromatic rings. The van der Waals surface area contributed by atoms with Crippen LogP contribution in [0, 0.1) is 6.92 Å². The van der Waals surface area contributed by atoms with Crippen LogP contribution in [0.4, 0.5) is 17.1 Å². The molecule has 122 heavy (non-hydrogen) atoms. The number of rotatable bonds is 16. The quantitative estimate of drug-likeness (QED) is 0.0329. The lowest BCUT2D eigenvalue weighted by molar-refractivity contribution is -0.138. The summed E-state index contributed by atoms with van der Waals surface area (Å²) in [6.45, 7) is 4.22. The molecule has 0 aliphatic heterocycles. The highest BCUT2D eigenvalue weighted by molar-refractivity contribution is 6.51. The van der Waals surface area contributed by atoms with Gasteiger partial charge in [0.2, 0.25) is 0 Å². The zero-order valence-electron chi connectivity index (χ0n) is 64.4. The summed E-state index contributed by atoms with van der Waals surface area (Å²) >= 11 is 67.9. The summed E-state index contributed by atoms with van der Waals surface area (Å²) in [5, 5.41) is 62.6. The van der Waals surface area contributed by atoms with Crippen molar-refractivity contribution in [1.29, 1.82) is 0 Å². The van der Waals surface area contributed by atoms with E-state index >= 15 is 0 Å². The summed E-state index contributed by atoms with van der Waals surface area (Å²) in [5.74, 6) is -5.17. The molecule has 23 nitrogen and oxygen atoms in total. The van der Waals surface area contributed by atoms with Gasteiger partial charge in [-0.05, 0) is 186 Å². The maximum Gasteiger partial charge on any atom is 0.323 e. The average Bonchev–Trinajstić information content (AvgIpc) is 2.02. The number of carboxylic acid groups (broad SMARTS) is 5. The maximum atomic E-state index is 13.0. The Morgan fingerprint density at radius 3 is 0.984 bits per heavy atom. The number of nitrogens with one attached hydrogen (secondary N) is 3. The van der Waals surface area contributed by atoms with Gasteiger partial charge >= 0.3 is 29.8 Å². The lowest BCUT2D eigenvalue weighted by atomic mass is 9.93. The van der Waals surface area contributed by atoms with E-state index in [-0.39, 0.29) is 132 Å². The van der Waals surface area contributed by atoms with Gasteiger partial charge in [-0.2, -0.15) is 0 Å². The highest BCUT2D eigenvalue weighted by atomic mass is 35.5. The second-order valence-electron chi connectivity index (χ2n) is 29.4. The molecule has 5 heterocycles. The summed E-state index contributed by atoms with van der Waals surface area (Å²) in [4.78, 5) is 121. The van der Waals surface area contributed by atoms with E-state index in [0.717, 1.165) is 48.3 Å². The van der Waals surface area contributed by atoms with Gasteiger partial charge in [0.25, 0.3) is 0 Å². The number of aromatic nitrogens is 5. The number of para-hydroxylation sites is 1. The van der Waals surface area contributed by atoms with Crippen molar-refractivity contribution in [3.63, 3.8) is 0 Å². The van der Waals surface area contributed by atoms with Crippen LogP contribution in [0.15, 0.2) is 176 Å². The second-order valence-corrected chi connectivity index (χ2v) is 33.7. The van der Waals surface area contributed by atoms with Crippen molar-refractivity contribution < 1.29 is 49.5 Å². The van der Waals surface area contributed by atoms with Gasteiger partial charge in [-0.15, -0.1) is 0 Å². The molecule has 5 aromatic heterocycles. The minimum atomic E-state index is -1.06. The Kier molecular flexibility index (Phi) is 27.3. The van der Waals surface area contributed by atoms with Crippen molar-refractivity contribution in [2.45, 2.75) is 117 Å². The Bertz CT molecular complexity index is 7230. The highest BCUT2D eigenvalue weighted by Gasteiger charge is 2.26. The van der Waals surface area contributed by atoms with Crippen molar-refractivity contribution in [3.8, 4) is 0 Å². The topological polar surface area (TPSA) is 333 Å². The maximum absolute atomic E-state index is 13.0. The molecule has 0 unspecified atom stereocenters. The second kappa shape index (κ2) is 37.3. The third-order valence-corrected chi connectivity index (χ3v) is 25.3. The van der Waals surface area contributed by atoms with Crippen molar-refractivity contribution >= 4 is 284 Å². The largest absolute Gasteiger partial charge is 0.480 e. The molecule has 0 bridgehead atoms. The minimum Gasteiger partial charge on any atom is -0.480 e. The number of fused-ring (bicyclic) bond motifs is 10. The Balaban J connectivity index is 0.000000132. The van der Waals surface area contributed by atoms with Gasteiger partial charge in [-0.3, -0.25) is 47.9 Å². The van der Waals surface area contributed by atoms with Gasteiger partial charge in [0.05, 0.1) is 110 Å². The SMILES string of the molecule is CC(C)Nc1ccc2c(=O)c3ccc(Cl)c(Cl)c3n(CC(=O)O)c2c1.Cc1ccc2c(c1)c(=O)c1ccc(Cl)c(Cl)c1n2CC(=O)O.O=C(O)Cn1c2cc(NC3CCC3)ccc2c(=O)c2ccc(Cl)c(Cl)c21.O=C(O)Cn1c2cc(NC3CCCC3)ccc2c(=O)c2ccc(Cl)c(Cl)c21.O=C(O)Cn1c2ccccc2c(=O)c2cc(Cl)c(Cl)c(Cl)c21. The summed E-state index contributed by atoms with van der Waals surface area (Å²) < 4.78 is 7.60. The number of aliphatic carboxylic acids is 5. The molecule has 10 aromatic carbocycles. The number of carboxylic acids is 5. The molecule has 0 saturated heterocycles. The van der Waals surface area contributed by atoms with Crippen molar-refractivity contribution in [3.05, 3.63) is 264 Å². The van der Waals surface area contributed by atoms with E-state index in [0.29, 0.717) is 110 Å². The van der Waals surface area contributed by atoms with Gasteiger partial charge in [-0.25, -0.2) is 0 Å². The molecule has 2 saturated carbocycles. The Labute approximate surface area is 746 Å². The zero-order chi connectivity index (χ0) is 87.9. The van der Waals surface area contributed by atoms with Gasteiger partial charge in [0.1, 0.15) is 32.7 Å². The fourth-order valence-corrected chi connectivity index (χ4v) is 17.7. The number of benzene rings is 10. The fraction of sp³-hybridized carbons (Fsp3) is 0.205. The molecule has 8 N–H and O–H groups in total. The number of pyridine rings is 5. The van der Waals surface area contributed by atoms with E-state index in [1.54, 1.807) is 124 Å². The molecule has 2 aliphatic rings. The number of aryl methyl sites for hydroxylation is 1. The van der Waals surface area contributed by atoms with Crippen LogP contribution in [-0.4, -0.2) is 96.3 Å². The summed E-state index contributed by atoms with van der Waals surface area (Å²) in [5.41, 5.74) is 6.58. The number of nitrogens with zero attached hydrogens (tertiary/aromatic N) is 5. The number of hydrogen-bond donors (Lipinski definition) is 8. The molecule has 17 rings (SSSR count). The first-order valence-corrected chi connectivity index (χ1v) is 41.9. The lowest BCUT2D eigenvalue weighted by Crippen LogP contribution is -2.27. The van der Waals surface area contributed by atoms with Gasteiger partial charge in [0.15, 0.2) is 27.1 Å². The molecular weight excluding hydrogens is 1800 g/mol. The van der Waals surface area contributed by atoms with Crippen LogP contribution in [0.2, 0.25) is 55.2 Å². The third kappa shape index (κ3) is 18.3. The zero-order valence-corrected chi connectivity index (χ0v) is 72.7. The number of carbonyl (C=O) groups is 5. The first-order valence-electron chi connectivity index (χ1n) is 37.7. The van der Waals surface area contributed by atoms with Crippen LogP contribution in [0.1, 0.15) is 64.4 Å². The van der Waals surface area contributed by atoms with Crippen LogP contribution < -0.4 is 43.1 Å². The Hall–Kier alpha value is -10.5. The Morgan fingerprint density at radius 2 is 0.623 bits per heavy atom. The Morgan fingerprint density at radius 1 is 0.320 bits per heavy atom. The molecule has 628 valence electrons. The van der Waals surface area contributed by atoms with E-state index in [2.05, 4.69) is 16.0 Å². The van der Waals surface area contributed by atoms with E-state index in [1.807, 2.05) is 51.1 Å². The summed E-state index contributed by atoms with van der Waals surface area (Å²) in [7, 11) is 0. The van der Waals surface area contributed by atoms with Crippen LogP contribution in [0.25, 0.3) is 109 Å². The van der Waals surface area contributed by atoms with Crippen molar-refractivity contribution in [2.24, 2.45) is 0 Å². The molecular formula is C88H69Cl11N8O15. The molecule has 2 fully saturated rings. The van der Waals surface area contributed by atoms with Gasteiger partial charge < -0.3 is 64.3 Å². The van der Waals surface area contributed by atoms with Crippen LogP contribution >= 0.6 is 128 Å². The van der Waals surface area contributed by atoms with Crippen molar-refractivity contribution in [2.75, 3.05) is 16.0 Å². The predicted molar refractivity (Wildman–Crippen MR) is 492 cm³/mol. The molecule has 0 spiro atoms. The van der Waals surface area contributed by atoms with E-state index in [4.69, 9.17) is 133 Å². The standard InChI is InChI=1S/C20H18Cl2N2O3.C19H16Cl2N2O3.C18H16Cl2N2O3.C16H11Cl2NO3.C15H8Cl3NO3/c21-15-8-7-14-19(18(15)22)24(10-17(25)26)16-9-12(5-6-13(16)20(14)27)23-11-3-1-2-4-11;20-14-7-6-13-18(17(14)21)23(9-16(24)25)15-8-11(22-10-2-1-3-10)4-5-12(15)19(13)26;1-9(2)21-10-3-4-11-14(7-10)22(8-15(23)24)17-12(18(11)25)5-6-13(19)16(17)20;1-8-2-5-12-10(6-8)16(22)9-3-4-11(17)14(18)15(9)19(12)7-13(20)21;16-9-5-8-14(13(18)12(9)17)19(6-11(20)21)10-4-2-1-3-7(10)15(8)22/h5-9,11,23H,1-4,10H2,(H,25,26);4-8,10,22H,1-3,9H2,(H,24,25);3-7,9,21H,8H2,1-2H3,(H,23,24);2-6H,7H2,1H3,(H,20,21);1-5H,6H2,(H,20,21). The van der Waals surface area contributed by atoms with Gasteiger partial charge in [0, 0.05) is 89.0 Å². The van der Waals surface area contributed by atoms with Crippen LogP contribution in [-0.2, 0) is 56.7 Å². The first kappa shape index (κ1) is 89.3. The third-order valence-electron chi connectivity index (χ3n) is 20.8. The van der Waals surface area contributed by atoms with E-state index < -0.39 is 29.8 Å². The average molecular weight is 1870 g/mol. The van der Waals surface area contributed by atoms with Crippen LogP contribution in [0.5, 0.6) is 0 Å². The van der Waals surface area contributed by atoms with E-state index in [1.165, 1.54) is 39.0 Å². The lowest BCUT2D eigenvalue weighted by Gasteiger charge is -2.27. The minimum absolute atomic E-state index is 0.0632. The fourth-order valence-electron chi connectivity index (χ4n) is 15.3. The van der Waals surface area contributed by atoms with Crippen molar-refractivity contribution in [1.82, 2.24) is 22.8 Å². The molecule has 0 radical (unpaired) electrons. The van der Waals surface area contributed by atoms with Gasteiger partial charge in [-0.1, -0.05) is 164 Å². The molecule has 2 aliphatic carbocycles. The number of hydrogen-bond acceptors (Lipinski definition) is 13. The number of halogens is 11. The summed E-state index contributed by atoms with van der Waals surface area (Å²) in [6.07, 6.45) is 8.05. The molecule has 0 amide bonds. The summed E-state index contributed by atoms with van der Waals surface area (Å²) in [6, 6.07) is 43.1. The normalized spacial score (nSPS) is 12.8.